The van der Waals surface area contributed by atoms with E-state index < -0.39 is 24.3 Å². The lowest BCUT2D eigenvalue weighted by Gasteiger charge is -2.40. The van der Waals surface area contributed by atoms with E-state index in [1.165, 1.54) is 0 Å². The van der Waals surface area contributed by atoms with Gasteiger partial charge in [-0.1, -0.05) is 27.7 Å². The van der Waals surface area contributed by atoms with Crippen LogP contribution in [-0.4, -0.2) is 41.6 Å². The number of amides is 1. The van der Waals surface area contributed by atoms with Crippen LogP contribution in [0, 0.1) is 5.92 Å². The number of hydrogen-bond acceptors (Lipinski definition) is 5. The van der Waals surface area contributed by atoms with Crippen molar-refractivity contribution < 1.29 is 21.8 Å². The SMILES string of the molecule is C[C@H](CCOS(C)(=O)=O)C(CC(N)=O)O[Si](C)(C)C(C)(C)C. The molecule has 6 nitrogen and oxygen atoms in total. The maximum absolute atomic E-state index is 11.3. The number of carbonyl (C=O) groups excluding carboxylic acids is 1. The molecule has 0 aliphatic rings. The van der Waals surface area contributed by atoms with Gasteiger partial charge in [-0.05, 0) is 30.5 Å². The lowest BCUT2D eigenvalue weighted by atomic mass is 9.99. The van der Waals surface area contributed by atoms with E-state index in [2.05, 4.69) is 33.9 Å². The smallest absolute Gasteiger partial charge is 0.264 e. The van der Waals surface area contributed by atoms with Crippen LogP contribution >= 0.6 is 0 Å². The predicted molar refractivity (Wildman–Crippen MR) is 90.5 cm³/mol. The first-order valence-electron chi connectivity index (χ1n) is 7.46. The third-order valence-corrected chi connectivity index (χ3v) is 9.26. The van der Waals surface area contributed by atoms with Gasteiger partial charge in [-0.15, -0.1) is 0 Å². The van der Waals surface area contributed by atoms with Crippen LogP contribution in [0.2, 0.25) is 18.1 Å². The molecule has 0 spiro atoms. The van der Waals surface area contributed by atoms with Crippen molar-refractivity contribution in [2.75, 3.05) is 12.9 Å². The second kappa shape index (κ2) is 7.90. The summed E-state index contributed by atoms with van der Waals surface area (Å²) in [5.74, 6) is -0.442. The highest BCUT2D eigenvalue weighted by Crippen LogP contribution is 2.38. The summed E-state index contributed by atoms with van der Waals surface area (Å²) in [6.45, 7) is 12.6. The summed E-state index contributed by atoms with van der Waals surface area (Å²) < 4.78 is 33.1. The Morgan fingerprint density at radius 3 is 2.14 bits per heavy atom. The molecule has 0 bridgehead atoms. The fourth-order valence-corrected chi connectivity index (χ4v) is 3.51. The molecule has 0 saturated heterocycles. The highest BCUT2D eigenvalue weighted by molar-refractivity contribution is 7.85. The Kier molecular flexibility index (Phi) is 7.74. The van der Waals surface area contributed by atoms with Crippen molar-refractivity contribution in [3.63, 3.8) is 0 Å². The Bertz CT molecular complexity index is 470. The second-order valence-corrected chi connectivity index (χ2v) is 13.8. The molecule has 0 aromatic rings. The van der Waals surface area contributed by atoms with Gasteiger partial charge in [0.15, 0.2) is 8.32 Å². The third kappa shape index (κ3) is 8.26. The molecule has 0 aromatic carbocycles. The summed E-state index contributed by atoms with van der Waals surface area (Å²) in [7, 11) is -5.49. The van der Waals surface area contributed by atoms with Gasteiger partial charge in [0.25, 0.3) is 10.1 Å². The summed E-state index contributed by atoms with van der Waals surface area (Å²) in [5.41, 5.74) is 5.33. The van der Waals surface area contributed by atoms with Crippen molar-refractivity contribution in [2.24, 2.45) is 11.7 Å². The monoisotopic (exact) mass is 353 g/mol. The Morgan fingerprint density at radius 2 is 1.77 bits per heavy atom. The van der Waals surface area contributed by atoms with E-state index in [0.29, 0.717) is 6.42 Å². The third-order valence-electron chi connectivity index (χ3n) is 4.16. The van der Waals surface area contributed by atoms with Crippen molar-refractivity contribution in [1.29, 1.82) is 0 Å². The van der Waals surface area contributed by atoms with Crippen molar-refractivity contribution in [3.8, 4) is 0 Å². The zero-order valence-corrected chi connectivity index (χ0v) is 16.6. The van der Waals surface area contributed by atoms with Gasteiger partial charge in [-0.3, -0.25) is 8.98 Å². The van der Waals surface area contributed by atoms with Crippen LogP contribution < -0.4 is 5.73 Å². The molecule has 0 saturated carbocycles. The molecule has 0 fully saturated rings. The summed E-state index contributed by atoms with van der Waals surface area (Å²) in [4.78, 5) is 11.3. The lowest BCUT2D eigenvalue weighted by Crippen LogP contribution is -2.46. The molecule has 8 heteroatoms. The molecule has 1 amide bonds. The predicted octanol–water partition coefficient (Wildman–Crippen LogP) is 2.25. The second-order valence-electron chi connectivity index (χ2n) is 7.38. The van der Waals surface area contributed by atoms with Crippen LogP contribution in [0.5, 0.6) is 0 Å². The molecule has 1 unspecified atom stereocenters. The van der Waals surface area contributed by atoms with E-state index in [0.717, 1.165) is 6.26 Å². The number of hydrogen-bond donors (Lipinski definition) is 1. The average Bonchev–Trinajstić information content (AvgIpc) is 2.23. The van der Waals surface area contributed by atoms with E-state index in [1.807, 2.05) is 6.92 Å². The maximum Gasteiger partial charge on any atom is 0.264 e. The van der Waals surface area contributed by atoms with E-state index in [1.54, 1.807) is 0 Å². The number of primary amides is 1. The first-order chi connectivity index (χ1) is 9.66. The maximum atomic E-state index is 11.3. The Hall–Kier alpha value is -0.443. The van der Waals surface area contributed by atoms with Crippen LogP contribution in [0.3, 0.4) is 0 Å². The molecule has 22 heavy (non-hydrogen) atoms. The van der Waals surface area contributed by atoms with Gasteiger partial charge >= 0.3 is 0 Å². The number of nitrogens with two attached hydrogens (primary N) is 1. The van der Waals surface area contributed by atoms with Crippen molar-refractivity contribution in [1.82, 2.24) is 0 Å². The van der Waals surface area contributed by atoms with Crippen LogP contribution in [0.15, 0.2) is 0 Å². The fraction of sp³-hybridized carbons (Fsp3) is 0.929. The lowest BCUT2D eigenvalue weighted by molar-refractivity contribution is -0.120. The fourth-order valence-electron chi connectivity index (χ4n) is 1.68. The largest absolute Gasteiger partial charge is 0.413 e. The van der Waals surface area contributed by atoms with Crippen LogP contribution in [0.25, 0.3) is 0 Å². The first-order valence-corrected chi connectivity index (χ1v) is 12.2. The Labute approximate surface area is 136 Å². The van der Waals surface area contributed by atoms with Crippen molar-refractivity contribution in [3.05, 3.63) is 0 Å². The van der Waals surface area contributed by atoms with E-state index in [-0.39, 0.29) is 30.1 Å². The molecule has 132 valence electrons. The molecular weight excluding hydrogens is 322 g/mol. The summed E-state index contributed by atoms with van der Waals surface area (Å²) in [6, 6.07) is 0. The van der Waals surface area contributed by atoms with E-state index in [4.69, 9.17) is 14.3 Å². The number of carbonyl (C=O) groups is 1. The zero-order valence-electron chi connectivity index (χ0n) is 14.8. The highest BCUT2D eigenvalue weighted by Gasteiger charge is 2.40. The molecule has 0 aliphatic heterocycles. The molecule has 0 radical (unpaired) electrons. The molecule has 0 heterocycles. The quantitative estimate of drug-likeness (QED) is 0.506. The highest BCUT2D eigenvalue weighted by atomic mass is 32.2. The van der Waals surface area contributed by atoms with Gasteiger partial charge in [0, 0.05) is 0 Å². The minimum absolute atomic E-state index is 0.0197. The summed E-state index contributed by atoms with van der Waals surface area (Å²) in [5, 5.41) is 0.0197. The van der Waals surface area contributed by atoms with Gasteiger partial charge in [0.1, 0.15) is 0 Å². The topological polar surface area (TPSA) is 95.7 Å². The normalized spacial score (nSPS) is 16.3. The van der Waals surface area contributed by atoms with E-state index >= 15 is 0 Å². The molecule has 0 rings (SSSR count). The number of rotatable bonds is 9. The van der Waals surface area contributed by atoms with Gasteiger partial charge in [-0.25, -0.2) is 0 Å². The summed E-state index contributed by atoms with van der Waals surface area (Å²) in [6.07, 6.45) is 1.32. The van der Waals surface area contributed by atoms with Crippen LogP contribution in [0.1, 0.15) is 40.5 Å². The van der Waals surface area contributed by atoms with Crippen molar-refractivity contribution in [2.45, 2.75) is 64.8 Å². The van der Waals surface area contributed by atoms with E-state index in [9.17, 15) is 13.2 Å². The standard InChI is InChI=1S/C14H31NO5SSi/c1-11(8-9-19-21(5,17)18)12(10-13(15)16)20-22(6,7)14(2,3)4/h11-12H,8-10H2,1-7H3,(H2,15,16)/t11-,12?/m1/s1. The molecule has 2 atom stereocenters. The van der Waals surface area contributed by atoms with Crippen molar-refractivity contribution >= 4 is 24.3 Å². The molecule has 0 aromatic heterocycles. The zero-order chi connectivity index (χ0) is 17.8. The Balaban J connectivity index is 4.86. The van der Waals surface area contributed by atoms with Gasteiger partial charge in [0.2, 0.25) is 5.91 Å². The first kappa shape index (κ1) is 21.6. The Morgan fingerprint density at radius 1 is 1.27 bits per heavy atom. The van der Waals surface area contributed by atoms with Crippen LogP contribution in [-0.2, 0) is 23.5 Å². The van der Waals surface area contributed by atoms with Gasteiger partial charge < -0.3 is 10.2 Å². The molecule has 2 N–H and O–H groups in total. The van der Waals surface area contributed by atoms with Gasteiger partial charge in [0.05, 0.1) is 25.4 Å². The molecular formula is C14H31NO5SSi. The minimum Gasteiger partial charge on any atom is -0.413 e. The average molecular weight is 354 g/mol. The molecule has 0 aliphatic carbocycles. The minimum atomic E-state index is -3.45. The van der Waals surface area contributed by atoms with Crippen LogP contribution in [0.4, 0.5) is 0 Å². The van der Waals surface area contributed by atoms with Gasteiger partial charge in [-0.2, -0.15) is 8.42 Å². The summed E-state index contributed by atoms with van der Waals surface area (Å²) >= 11 is 0.